The molecule has 1 unspecified atom stereocenters. The molecule has 0 radical (unpaired) electrons. The Bertz CT molecular complexity index is 1150. The quantitative estimate of drug-likeness (QED) is 0.628. The zero-order valence-corrected chi connectivity index (χ0v) is 17.1. The summed E-state index contributed by atoms with van der Waals surface area (Å²) in [5.41, 5.74) is 0.562. The van der Waals surface area contributed by atoms with E-state index >= 15 is 0 Å². The molecular formula is C18H21F2N7O2S. The molecule has 3 aromatic rings. The molecule has 12 heteroatoms. The van der Waals surface area contributed by atoms with Crippen molar-refractivity contribution >= 4 is 21.5 Å². The Morgan fingerprint density at radius 3 is 2.87 bits per heavy atom. The lowest BCUT2D eigenvalue weighted by Gasteiger charge is -2.33. The number of alkyl halides is 2. The molecule has 3 aromatic heterocycles. The Kier molecular flexibility index (Phi) is 5.60. The fourth-order valence-electron chi connectivity index (χ4n) is 3.54. The number of anilines is 1. The minimum Gasteiger partial charge on any atom is -0.356 e. The third-order valence-corrected chi connectivity index (χ3v) is 5.68. The number of fused-ring (bicyclic) bond motifs is 1. The van der Waals surface area contributed by atoms with E-state index in [9.17, 15) is 17.2 Å². The molecule has 0 bridgehead atoms. The van der Waals surface area contributed by atoms with E-state index in [1.54, 1.807) is 12.3 Å². The van der Waals surface area contributed by atoms with Crippen LogP contribution in [0.4, 0.5) is 14.6 Å². The second-order valence-electron chi connectivity index (χ2n) is 7.30. The molecule has 4 rings (SSSR count). The molecule has 0 spiro atoms. The number of aromatic nitrogens is 5. The second-order valence-corrected chi connectivity index (χ2v) is 9.13. The van der Waals surface area contributed by atoms with E-state index < -0.39 is 16.4 Å². The fraction of sp³-hybridized carbons (Fsp3) is 0.444. The number of hydrogen-bond donors (Lipinski definition) is 1. The van der Waals surface area contributed by atoms with Gasteiger partial charge in [0.15, 0.2) is 11.5 Å². The minimum atomic E-state index is -3.23. The van der Waals surface area contributed by atoms with Crippen LogP contribution in [0, 0.1) is 5.92 Å². The van der Waals surface area contributed by atoms with Gasteiger partial charge in [0.05, 0.1) is 18.6 Å². The lowest BCUT2D eigenvalue weighted by atomic mass is 9.98. The standard InChI is InChI=1S/C18H21F2N7O2S/c1-30(28,29)24-7-12-3-2-6-26(10-12)15-4-5-21-18(25-15)14-8-23-16-9-22-13(17(19)20)11-27(14)16/h4-5,8-9,11-12,17,24H,2-3,6-7,10H2,1H3. The Morgan fingerprint density at radius 2 is 2.10 bits per heavy atom. The van der Waals surface area contributed by atoms with E-state index in [0.29, 0.717) is 36.1 Å². The summed E-state index contributed by atoms with van der Waals surface area (Å²) >= 11 is 0. The first kappa shape index (κ1) is 20.5. The Hall–Kier alpha value is -2.73. The van der Waals surface area contributed by atoms with Gasteiger partial charge in [-0.15, -0.1) is 0 Å². The van der Waals surface area contributed by atoms with E-state index in [0.717, 1.165) is 25.6 Å². The van der Waals surface area contributed by atoms with Crippen LogP contribution in [0.1, 0.15) is 25.0 Å². The van der Waals surface area contributed by atoms with Gasteiger partial charge in [0.25, 0.3) is 6.43 Å². The number of sulfonamides is 1. The normalized spacial score (nSPS) is 17.7. The van der Waals surface area contributed by atoms with Gasteiger partial charge in [-0.25, -0.2) is 41.9 Å². The Balaban J connectivity index is 1.59. The molecule has 1 saturated heterocycles. The molecule has 1 aliphatic rings. The summed E-state index contributed by atoms with van der Waals surface area (Å²) < 4.78 is 52.9. The maximum atomic E-state index is 13.0. The van der Waals surface area contributed by atoms with E-state index in [2.05, 4.69) is 29.6 Å². The highest BCUT2D eigenvalue weighted by Gasteiger charge is 2.23. The number of nitrogens with zero attached hydrogens (tertiary/aromatic N) is 6. The largest absolute Gasteiger partial charge is 0.356 e. The second kappa shape index (κ2) is 8.19. The van der Waals surface area contributed by atoms with Gasteiger partial charge in [-0.3, -0.25) is 4.40 Å². The summed E-state index contributed by atoms with van der Waals surface area (Å²) in [5.74, 6) is 1.23. The van der Waals surface area contributed by atoms with Crippen LogP contribution in [0.3, 0.4) is 0 Å². The van der Waals surface area contributed by atoms with Gasteiger partial charge in [0.1, 0.15) is 17.2 Å². The van der Waals surface area contributed by atoms with Crippen molar-refractivity contribution in [2.75, 3.05) is 30.8 Å². The van der Waals surface area contributed by atoms with Crippen molar-refractivity contribution in [1.29, 1.82) is 0 Å². The molecule has 0 aliphatic carbocycles. The van der Waals surface area contributed by atoms with Crippen molar-refractivity contribution in [3.8, 4) is 11.5 Å². The highest BCUT2D eigenvalue weighted by molar-refractivity contribution is 7.88. The van der Waals surface area contributed by atoms with Crippen molar-refractivity contribution in [3.63, 3.8) is 0 Å². The highest BCUT2D eigenvalue weighted by Crippen LogP contribution is 2.25. The van der Waals surface area contributed by atoms with E-state index in [1.165, 1.54) is 23.0 Å². The molecule has 0 saturated carbocycles. The maximum absolute atomic E-state index is 13.0. The SMILES string of the molecule is CS(=O)(=O)NCC1CCCN(c2ccnc(-c3cnc4cnc(C(F)F)cn34)n2)C1. The fourth-order valence-corrected chi connectivity index (χ4v) is 4.08. The molecule has 1 fully saturated rings. The molecule has 1 N–H and O–H groups in total. The number of rotatable bonds is 6. The zero-order chi connectivity index (χ0) is 21.3. The number of halogens is 2. The van der Waals surface area contributed by atoms with Gasteiger partial charge in [-0.2, -0.15) is 0 Å². The van der Waals surface area contributed by atoms with E-state index in [-0.39, 0.29) is 11.6 Å². The summed E-state index contributed by atoms with van der Waals surface area (Å²) in [4.78, 5) is 18.9. The predicted octanol–water partition coefficient (Wildman–Crippen LogP) is 1.89. The van der Waals surface area contributed by atoms with E-state index in [1.807, 2.05) is 0 Å². The minimum absolute atomic E-state index is 0.169. The van der Waals surface area contributed by atoms with E-state index in [4.69, 9.17) is 0 Å². The highest BCUT2D eigenvalue weighted by atomic mass is 32.2. The molecule has 1 aliphatic heterocycles. The van der Waals surface area contributed by atoms with Crippen molar-refractivity contribution in [2.45, 2.75) is 19.3 Å². The van der Waals surface area contributed by atoms with Gasteiger partial charge < -0.3 is 4.90 Å². The summed E-state index contributed by atoms with van der Waals surface area (Å²) in [6.45, 7) is 1.83. The topological polar surface area (TPSA) is 105 Å². The smallest absolute Gasteiger partial charge is 0.281 e. The van der Waals surface area contributed by atoms with Gasteiger partial charge in [0, 0.05) is 32.0 Å². The van der Waals surface area contributed by atoms with Crippen LogP contribution >= 0.6 is 0 Å². The monoisotopic (exact) mass is 437 g/mol. The third-order valence-electron chi connectivity index (χ3n) is 4.99. The number of piperidine rings is 1. The molecule has 30 heavy (non-hydrogen) atoms. The van der Waals surface area contributed by atoms with Crippen LogP contribution in [0.15, 0.2) is 30.9 Å². The van der Waals surface area contributed by atoms with Crippen LogP contribution in [0.5, 0.6) is 0 Å². The van der Waals surface area contributed by atoms with Crippen molar-refractivity contribution in [2.24, 2.45) is 5.92 Å². The molecule has 4 heterocycles. The zero-order valence-electron chi connectivity index (χ0n) is 16.2. The molecule has 9 nitrogen and oxygen atoms in total. The lowest BCUT2D eigenvalue weighted by Crippen LogP contribution is -2.41. The van der Waals surface area contributed by atoms with Gasteiger partial charge in [0.2, 0.25) is 10.0 Å². The summed E-state index contributed by atoms with van der Waals surface area (Å²) in [7, 11) is -3.23. The Morgan fingerprint density at radius 1 is 1.27 bits per heavy atom. The molecule has 1 atom stereocenters. The number of nitrogens with one attached hydrogen (secondary N) is 1. The number of hydrogen-bond acceptors (Lipinski definition) is 7. The average molecular weight is 437 g/mol. The summed E-state index contributed by atoms with van der Waals surface area (Å²) in [5, 5.41) is 0. The lowest BCUT2D eigenvalue weighted by molar-refractivity contribution is 0.145. The van der Waals surface area contributed by atoms with Crippen LogP contribution < -0.4 is 9.62 Å². The summed E-state index contributed by atoms with van der Waals surface area (Å²) in [6, 6.07) is 1.78. The van der Waals surface area contributed by atoms with Crippen molar-refractivity contribution in [1.82, 2.24) is 29.1 Å². The van der Waals surface area contributed by atoms with Gasteiger partial charge in [-0.05, 0) is 24.8 Å². The van der Waals surface area contributed by atoms with Crippen LogP contribution in [0.2, 0.25) is 0 Å². The van der Waals surface area contributed by atoms with Crippen LogP contribution in [-0.4, -0.2) is 58.6 Å². The molecular weight excluding hydrogens is 416 g/mol. The molecule has 0 amide bonds. The van der Waals surface area contributed by atoms with Crippen molar-refractivity contribution < 1.29 is 17.2 Å². The summed E-state index contributed by atoms with van der Waals surface area (Å²) in [6.07, 6.45) is 5.97. The molecule has 160 valence electrons. The van der Waals surface area contributed by atoms with Gasteiger partial charge >= 0.3 is 0 Å². The molecule has 0 aromatic carbocycles. The average Bonchev–Trinajstić information content (AvgIpc) is 3.15. The van der Waals surface area contributed by atoms with Crippen LogP contribution in [0.25, 0.3) is 17.2 Å². The first-order valence-electron chi connectivity index (χ1n) is 9.44. The van der Waals surface area contributed by atoms with Crippen molar-refractivity contribution in [3.05, 3.63) is 36.5 Å². The first-order valence-corrected chi connectivity index (χ1v) is 11.3. The third kappa shape index (κ3) is 4.54. The predicted molar refractivity (Wildman–Crippen MR) is 107 cm³/mol. The Labute approximate surface area is 172 Å². The maximum Gasteiger partial charge on any atom is 0.281 e. The van der Waals surface area contributed by atoms with Crippen LogP contribution in [-0.2, 0) is 10.0 Å². The first-order chi connectivity index (χ1) is 14.3. The van der Waals surface area contributed by atoms with Gasteiger partial charge in [-0.1, -0.05) is 0 Å². The number of imidazole rings is 1.